The van der Waals surface area contributed by atoms with E-state index < -0.39 is 0 Å². The maximum absolute atomic E-state index is 7.11. The van der Waals surface area contributed by atoms with E-state index in [1.54, 1.807) is 22.7 Å². The van der Waals surface area contributed by atoms with Gasteiger partial charge in [0.05, 0.1) is 42.9 Å². The van der Waals surface area contributed by atoms with E-state index in [4.69, 9.17) is 32.0 Å². The van der Waals surface area contributed by atoms with Crippen LogP contribution in [-0.2, 0) is 0 Å². The molecule has 0 amide bonds. The molecule has 0 saturated carbocycles. The predicted octanol–water partition coefficient (Wildman–Crippen LogP) is 27.1. The van der Waals surface area contributed by atoms with Crippen molar-refractivity contribution in [3.8, 4) is 0 Å². The van der Waals surface area contributed by atoms with Crippen molar-refractivity contribution in [3.63, 3.8) is 0 Å². The van der Waals surface area contributed by atoms with Gasteiger partial charge in [-0.25, -0.2) is 0 Å². The summed E-state index contributed by atoms with van der Waals surface area (Å²) in [6, 6.07) is 114. The molecule has 18 aromatic rings. The Morgan fingerprint density at radius 1 is 0.245 bits per heavy atom. The second-order valence-corrected chi connectivity index (χ2v) is 25.9. The Morgan fingerprint density at radius 3 is 1.24 bits per heavy atom. The summed E-state index contributed by atoms with van der Waals surface area (Å²) in [5.41, 5.74) is 16.0. The van der Waals surface area contributed by atoms with Crippen molar-refractivity contribution in [2.75, 3.05) is 19.6 Å². The number of rotatable bonds is 12. The number of fused-ring (bicyclic) bond motifs is 12. The third kappa shape index (κ3) is 10.1. The van der Waals surface area contributed by atoms with Crippen LogP contribution in [0.4, 0.5) is 68.2 Å². The Hall–Kier alpha value is -11.1. The number of halogens is 2. The first kappa shape index (κ1) is 56.8. The van der Waals surface area contributed by atoms with Crippen molar-refractivity contribution in [1.82, 2.24) is 0 Å². The van der Waals surface area contributed by atoms with Gasteiger partial charge in [-0.15, -0.1) is 22.7 Å². The highest BCUT2D eigenvalue weighted by Crippen LogP contribution is 2.52. The summed E-state index contributed by atoms with van der Waals surface area (Å²) in [4.78, 5) is 9.13. The van der Waals surface area contributed by atoms with E-state index in [0.717, 1.165) is 127 Å². The summed E-state index contributed by atoms with van der Waals surface area (Å²) in [5.74, 6) is 0. The van der Waals surface area contributed by atoms with E-state index in [1.807, 2.05) is 60.7 Å². The summed E-state index contributed by atoms with van der Waals surface area (Å²) in [5, 5.41) is 10.5. The second-order valence-electron chi connectivity index (χ2n) is 23.0. The van der Waals surface area contributed by atoms with Crippen LogP contribution in [0, 0.1) is 0 Å². The van der Waals surface area contributed by atoms with E-state index in [1.165, 1.54) is 25.6 Å². The lowest BCUT2D eigenvalue weighted by Crippen LogP contribution is -2.10. The summed E-state index contributed by atoms with van der Waals surface area (Å²) >= 11 is 17.8. The first-order valence-electron chi connectivity index (χ1n) is 31.1. The molecule has 0 N–H and O–H groups in total. The van der Waals surface area contributed by atoms with Crippen LogP contribution in [-0.4, -0.2) is 0 Å². The zero-order chi connectivity index (χ0) is 62.6. The van der Waals surface area contributed by atoms with Gasteiger partial charge in [0, 0.05) is 97.3 Å². The van der Waals surface area contributed by atoms with Crippen LogP contribution >= 0.6 is 45.9 Å². The van der Waals surface area contributed by atoms with Gasteiger partial charge in [-0.05, 0) is 158 Å². The Labute approximate surface area is 560 Å². The summed E-state index contributed by atoms with van der Waals surface area (Å²) in [6.07, 6.45) is 0. The van der Waals surface area contributed by atoms with Gasteiger partial charge in [0.25, 0.3) is 0 Å². The van der Waals surface area contributed by atoms with Gasteiger partial charge in [-0.1, -0.05) is 193 Å². The molecule has 6 nitrogen and oxygen atoms in total. The van der Waals surface area contributed by atoms with Crippen molar-refractivity contribution < 1.29 is 8.83 Å². The molecule has 0 aliphatic rings. The average molecular weight is 1290 g/mol. The number of furan rings is 2. The normalized spacial score (nSPS) is 11.5. The molecule has 4 heterocycles. The molecule has 0 atom stereocenters. The molecule has 0 spiro atoms. The summed E-state index contributed by atoms with van der Waals surface area (Å²) in [7, 11) is 0. The minimum Gasteiger partial charge on any atom is -0.456 e. The minimum atomic E-state index is 0.708. The van der Waals surface area contributed by atoms with Gasteiger partial charge in [-0.2, -0.15) is 0 Å². The third-order valence-corrected chi connectivity index (χ3v) is 20.3. The first-order valence-corrected chi connectivity index (χ1v) is 33.5. The lowest BCUT2D eigenvalue weighted by Gasteiger charge is -2.27. The molecule has 4 aromatic heterocycles. The molecule has 0 radical (unpaired) electrons. The van der Waals surface area contributed by atoms with Gasteiger partial charge < -0.3 is 28.4 Å². The van der Waals surface area contributed by atoms with Gasteiger partial charge in [0.15, 0.2) is 5.58 Å². The summed E-state index contributed by atoms with van der Waals surface area (Å²) < 4.78 is 17.5. The van der Waals surface area contributed by atoms with Crippen molar-refractivity contribution >= 4 is 198 Å². The molecule has 0 aliphatic heterocycles. The zero-order valence-corrected chi connectivity index (χ0v) is 53.5. The molecule has 10 heteroatoms. The van der Waals surface area contributed by atoms with Gasteiger partial charge in [0.1, 0.15) is 16.7 Å². The quantitative estimate of drug-likeness (QED) is 0.121. The van der Waals surface area contributed by atoms with Crippen LogP contribution in [0.3, 0.4) is 0 Å². The number of hydrogen-bond acceptors (Lipinski definition) is 8. The van der Waals surface area contributed by atoms with Gasteiger partial charge in [-0.3, -0.25) is 0 Å². The van der Waals surface area contributed by atoms with Crippen molar-refractivity contribution in [2.24, 2.45) is 0 Å². The van der Waals surface area contributed by atoms with Gasteiger partial charge >= 0.3 is 0 Å². The number of nitrogens with zero attached hydrogens (tertiary/aromatic N) is 4. The maximum Gasteiger partial charge on any atom is 0.159 e. The Balaban J connectivity index is 0.000000143. The Morgan fingerprint density at radius 2 is 0.670 bits per heavy atom. The Bertz CT molecular complexity index is 5720. The van der Waals surface area contributed by atoms with Gasteiger partial charge in [0.2, 0.25) is 0 Å². The molecule has 0 bridgehead atoms. The van der Waals surface area contributed by atoms with Crippen LogP contribution < -0.4 is 19.6 Å². The monoisotopic (exact) mass is 1280 g/mol. The van der Waals surface area contributed by atoms with Crippen LogP contribution in [0.15, 0.2) is 336 Å². The highest BCUT2D eigenvalue weighted by molar-refractivity contribution is 7.26. The van der Waals surface area contributed by atoms with Crippen molar-refractivity contribution in [2.45, 2.75) is 0 Å². The van der Waals surface area contributed by atoms with E-state index >= 15 is 0 Å². The predicted molar refractivity (Wildman–Crippen MR) is 402 cm³/mol. The number of para-hydroxylation sites is 9. The average Bonchev–Trinajstić information content (AvgIpc) is 1.54. The molecule has 448 valence electrons. The van der Waals surface area contributed by atoms with Crippen molar-refractivity contribution in [3.05, 3.63) is 338 Å². The molecule has 0 fully saturated rings. The molecule has 0 saturated heterocycles. The highest BCUT2D eigenvalue weighted by Gasteiger charge is 2.26. The zero-order valence-electron chi connectivity index (χ0n) is 50.4. The molecule has 94 heavy (non-hydrogen) atoms. The second kappa shape index (κ2) is 24.2. The molecule has 0 unspecified atom stereocenters. The van der Waals surface area contributed by atoms with Crippen LogP contribution in [0.5, 0.6) is 0 Å². The first-order chi connectivity index (χ1) is 46.5. The molecule has 0 aliphatic carbocycles. The molecule has 14 aromatic carbocycles. The fraction of sp³-hybridized carbons (Fsp3) is 0. The highest BCUT2D eigenvalue weighted by atomic mass is 35.5. The SMILES string of the molecule is Clc1cc2sc3ccc(N(c4ccccc4)c4cccc5c4oc4ccccc45)cc3c2cc1N(c1ccccc1)c1ccccc1.Clc1ccc2c(sc3ccc(N(c4ccccc4)c4cccc5oc6ccccc6c45)cc32)c1N(c1ccccc1)c1ccccc1. The molecular formula is C84H54Cl2N4O2S2. The van der Waals surface area contributed by atoms with Crippen LogP contribution in [0.2, 0.25) is 10.0 Å². The Kier molecular flexibility index (Phi) is 14.6. The fourth-order valence-corrected chi connectivity index (χ4v) is 16.2. The smallest absolute Gasteiger partial charge is 0.159 e. The number of benzene rings is 14. The lowest BCUT2D eigenvalue weighted by atomic mass is 10.1. The van der Waals surface area contributed by atoms with Crippen molar-refractivity contribution in [1.29, 1.82) is 0 Å². The molecular weight excluding hydrogens is 1230 g/mol. The number of hydrogen-bond donors (Lipinski definition) is 0. The van der Waals surface area contributed by atoms with Crippen LogP contribution in [0.1, 0.15) is 0 Å². The third-order valence-electron chi connectivity index (χ3n) is 17.4. The lowest BCUT2D eigenvalue weighted by molar-refractivity contribution is 0.668. The van der Waals surface area contributed by atoms with Crippen LogP contribution in [0.25, 0.3) is 84.2 Å². The van der Waals surface area contributed by atoms with E-state index in [-0.39, 0.29) is 0 Å². The standard InChI is InChI=1S/2C42H27ClN2OS/c43-36-27-41-35(26-38(36)44(28-13-4-1-5-14-28)29-15-6-2-7-16-29)34-25-31(23-24-40(34)47-41)45(30-17-8-3-9-18-30)37-21-12-20-33-32-19-10-11-22-39(32)46-42(33)37;43-35-25-24-32-34-27-31(23-26-39(34)47-42(32)41(35)45(29-15-6-2-7-16-29)30-17-8-3-9-18-30)44(28-13-4-1-5-14-28)36-20-12-22-38-40(36)33-19-10-11-21-37(33)46-38/h2*1-27H. The molecule has 18 rings (SSSR count). The maximum atomic E-state index is 7.11. The number of thiophene rings is 2. The fourth-order valence-electron chi connectivity index (χ4n) is 13.2. The van der Waals surface area contributed by atoms with E-state index in [0.29, 0.717) is 10.0 Å². The summed E-state index contributed by atoms with van der Waals surface area (Å²) in [6.45, 7) is 0. The van der Waals surface area contributed by atoms with E-state index in [9.17, 15) is 0 Å². The minimum absolute atomic E-state index is 0.708. The van der Waals surface area contributed by atoms with E-state index in [2.05, 4.69) is 287 Å². The number of anilines is 12. The largest absolute Gasteiger partial charge is 0.456 e. The topological polar surface area (TPSA) is 39.2 Å².